The predicted molar refractivity (Wildman–Crippen MR) is 120 cm³/mol. The number of hydrogen-bond donors (Lipinski definition) is 1. The van der Waals surface area contributed by atoms with Crippen LogP contribution < -0.4 is 0 Å². The van der Waals surface area contributed by atoms with Gasteiger partial charge in [-0.3, -0.25) is 0 Å². The van der Waals surface area contributed by atoms with Gasteiger partial charge in [-0.05, 0) is 41.5 Å². The minimum atomic E-state index is -0.910. The van der Waals surface area contributed by atoms with E-state index in [2.05, 4.69) is 20.8 Å². The summed E-state index contributed by atoms with van der Waals surface area (Å²) in [4.78, 5) is 16.3. The molecule has 0 aliphatic carbocycles. The van der Waals surface area contributed by atoms with Crippen molar-refractivity contribution in [3.63, 3.8) is 0 Å². The van der Waals surface area contributed by atoms with Gasteiger partial charge in [-0.15, -0.1) is 0 Å². The predicted octanol–water partition coefficient (Wildman–Crippen LogP) is 5.62. The molecule has 1 heterocycles. The second-order valence-electron chi connectivity index (χ2n) is 8.19. The van der Waals surface area contributed by atoms with Gasteiger partial charge >= 0.3 is 5.97 Å². The third kappa shape index (κ3) is 5.56. The van der Waals surface area contributed by atoms with E-state index in [0.29, 0.717) is 18.0 Å². The number of benzene rings is 2. The number of carboxylic acids is 1. The smallest absolute Gasteiger partial charge is 0.336 e. The highest BCUT2D eigenvalue weighted by Crippen LogP contribution is 2.24. The van der Waals surface area contributed by atoms with E-state index in [1.54, 1.807) is 12.1 Å². The Morgan fingerprint density at radius 1 is 1.07 bits per heavy atom. The Bertz CT molecular complexity index is 974. The minimum Gasteiger partial charge on any atom is -0.478 e. The molecule has 0 fully saturated rings. The number of rotatable bonds is 10. The summed E-state index contributed by atoms with van der Waals surface area (Å²) in [7, 11) is 0. The van der Waals surface area contributed by atoms with Gasteiger partial charge in [0.1, 0.15) is 5.82 Å². The molecule has 1 aromatic heterocycles. The van der Waals surface area contributed by atoms with Crippen molar-refractivity contribution in [2.24, 2.45) is 5.92 Å². The quantitative estimate of drug-likeness (QED) is 0.475. The summed E-state index contributed by atoms with van der Waals surface area (Å²) in [6.07, 6.45) is 5.18. The summed E-state index contributed by atoms with van der Waals surface area (Å²) in [5, 5.41) is 14.2. The fourth-order valence-corrected chi connectivity index (χ4v) is 3.48. The molecule has 0 saturated carbocycles. The normalized spacial score (nSPS) is 11.2. The number of aryl methyl sites for hydroxylation is 2. The molecule has 0 spiro atoms. The van der Waals surface area contributed by atoms with E-state index in [4.69, 9.17) is 10.1 Å². The molecule has 158 valence electrons. The van der Waals surface area contributed by atoms with E-state index in [1.165, 1.54) is 0 Å². The van der Waals surface area contributed by atoms with E-state index >= 15 is 0 Å². The van der Waals surface area contributed by atoms with Crippen molar-refractivity contribution < 1.29 is 9.90 Å². The van der Waals surface area contributed by atoms with Gasteiger partial charge in [0, 0.05) is 12.8 Å². The van der Waals surface area contributed by atoms with E-state index in [1.807, 2.05) is 41.1 Å². The van der Waals surface area contributed by atoms with Crippen molar-refractivity contribution in [3.05, 3.63) is 71.3 Å². The maximum Gasteiger partial charge on any atom is 0.336 e. The Kier molecular flexibility index (Phi) is 7.39. The number of carboxylic acid groups (broad SMARTS) is 1. The molecule has 0 radical (unpaired) electrons. The first-order chi connectivity index (χ1) is 14.5. The number of aromatic nitrogens is 3. The lowest BCUT2D eigenvalue weighted by Gasteiger charge is -2.09. The molecule has 0 aliphatic heterocycles. The standard InChI is InChI=1S/C25H31N3O2/c1-4-5-10-24-26-23(16-11-18(2)3)27-28(24)17-19-12-14-20(15-13-19)21-8-6-7-9-22(21)25(29)30/h6-9,12-15,18H,4-5,10-11,16-17H2,1-3H3,(H,29,30). The Hall–Kier alpha value is -2.95. The number of hydrogen-bond acceptors (Lipinski definition) is 3. The van der Waals surface area contributed by atoms with Crippen molar-refractivity contribution in [3.8, 4) is 11.1 Å². The van der Waals surface area contributed by atoms with Crippen molar-refractivity contribution >= 4 is 5.97 Å². The first-order valence-electron chi connectivity index (χ1n) is 10.8. The average Bonchev–Trinajstić information content (AvgIpc) is 3.12. The van der Waals surface area contributed by atoms with Crippen LogP contribution in [0, 0.1) is 5.92 Å². The van der Waals surface area contributed by atoms with E-state index in [0.717, 1.165) is 60.4 Å². The highest BCUT2D eigenvalue weighted by Gasteiger charge is 2.13. The molecule has 3 aromatic rings. The van der Waals surface area contributed by atoms with Crippen LogP contribution in [0.25, 0.3) is 11.1 Å². The lowest BCUT2D eigenvalue weighted by molar-refractivity contribution is 0.0697. The molecule has 0 amide bonds. The zero-order valence-electron chi connectivity index (χ0n) is 18.1. The molecule has 0 unspecified atom stereocenters. The third-order valence-electron chi connectivity index (χ3n) is 5.25. The summed E-state index contributed by atoms with van der Waals surface area (Å²) in [5.41, 5.74) is 3.08. The van der Waals surface area contributed by atoms with Crippen molar-refractivity contribution in [2.75, 3.05) is 0 Å². The zero-order chi connectivity index (χ0) is 21.5. The third-order valence-corrected chi connectivity index (χ3v) is 5.25. The van der Waals surface area contributed by atoms with Crippen LogP contribution in [-0.2, 0) is 19.4 Å². The van der Waals surface area contributed by atoms with Gasteiger partial charge in [0.15, 0.2) is 5.82 Å². The fraction of sp³-hybridized carbons (Fsp3) is 0.400. The monoisotopic (exact) mass is 405 g/mol. The van der Waals surface area contributed by atoms with Crippen LogP contribution in [-0.4, -0.2) is 25.8 Å². The number of nitrogens with zero attached hydrogens (tertiary/aromatic N) is 3. The largest absolute Gasteiger partial charge is 0.478 e. The molecule has 2 aromatic carbocycles. The van der Waals surface area contributed by atoms with Gasteiger partial charge in [0.05, 0.1) is 12.1 Å². The first-order valence-corrected chi connectivity index (χ1v) is 10.8. The maximum atomic E-state index is 11.5. The Labute approximate surface area is 178 Å². The molecule has 30 heavy (non-hydrogen) atoms. The molecule has 5 heteroatoms. The lowest BCUT2D eigenvalue weighted by atomic mass is 9.99. The van der Waals surface area contributed by atoms with Gasteiger partial charge in [-0.1, -0.05) is 69.7 Å². The molecular formula is C25H31N3O2. The second-order valence-corrected chi connectivity index (χ2v) is 8.19. The summed E-state index contributed by atoms with van der Waals surface area (Å²) < 4.78 is 2.03. The highest BCUT2D eigenvalue weighted by atomic mass is 16.4. The first kappa shape index (κ1) is 21.8. The molecule has 1 N–H and O–H groups in total. The minimum absolute atomic E-state index is 0.318. The van der Waals surface area contributed by atoms with Crippen molar-refractivity contribution in [1.82, 2.24) is 14.8 Å². The van der Waals surface area contributed by atoms with Crippen LogP contribution in [0.3, 0.4) is 0 Å². The fourth-order valence-electron chi connectivity index (χ4n) is 3.48. The average molecular weight is 406 g/mol. The summed E-state index contributed by atoms with van der Waals surface area (Å²) in [5.74, 6) is 1.71. The number of aromatic carboxylic acids is 1. The van der Waals surface area contributed by atoms with Crippen LogP contribution in [0.15, 0.2) is 48.5 Å². The van der Waals surface area contributed by atoms with E-state index in [-0.39, 0.29) is 0 Å². The summed E-state index contributed by atoms with van der Waals surface area (Å²) >= 11 is 0. The SMILES string of the molecule is CCCCc1nc(CCC(C)C)nn1Cc1ccc(-c2ccccc2C(=O)O)cc1. The number of carbonyl (C=O) groups is 1. The Morgan fingerprint density at radius 3 is 2.47 bits per heavy atom. The van der Waals surface area contributed by atoms with Crippen molar-refractivity contribution in [1.29, 1.82) is 0 Å². The Morgan fingerprint density at radius 2 is 1.80 bits per heavy atom. The summed E-state index contributed by atoms with van der Waals surface area (Å²) in [6.45, 7) is 7.31. The zero-order valence-corrected chi connectivity index (χ0v) is 18.1. The van der Waals surface area contributed by atoms with Crippen molar-refractivity contribution in [2.45, 2.75) is 59.4 Å². The molecule has 0 saturated heterocycles. The highest BCUT2D eigenvalue weighted by molar-refractivity contribution is 5.95. The lowest BCUT2D eigenvalue weighted by Crippen LogP contribution is -2.07. The van der Waals surface area contributed by atoms with Gasteiger partial charge in [-0.25, -0.2) is 14.5 Å². The topological polar surface area (TPSA) is 68.0 Å². The van der Waals surface area contributed by atoms with Gasteiger partial charge in [-0.2, -0.15) is 5.10 Å². The Balaban J connectivity index is 1.80. The van der Waals surface area contributed by atoms with Crippen LogP contribution in [0.4, 0.5) is 0 Å². The molecule has 0 bridgehead atoms. The van der Waals surface area contributed by atoms with Gasteiger partial charge in [0.25, 0.3) is 0 Å². The van der Waals surface area contributed by atoms with E-state index in [9.17, 15) is 9.90 Å². The van der Waals surface area contributed by atoms with Crippen LogP contribution >= 0.6 is 0 Å². The maximum absolute atomic E-state index is 11.5. The number of unbranched alkanes of at least 4 members (excludes halogenated alkanes) is 1. The van der Waals surface area contributed by atoms with Crippen LogP contribution in [0.2, 0.25) is 0 Å². The van der Waals surface area contributed by atoms with Crippen LogP contribution in [0.5, 0.6) is 0 Å². The molecular weight excluding hydrogens is 374 g/mol. The molecule has 0 aliphatic rings. The summed E-state index contributed by atoms with van der Waals surface area (Å²) in [6, 6.07) is 15.2. The second kappa shape index (κ2) is 10.2. The van der Waals surface area contributed by atoms with Gasteiger partial charge < -0.3 is 5.11 Å². The molecule has 0 atom stereocenters. The molecule has 5 nitrogen and oxygen atoms in total. The molecule has 3 rings (SSSR count). The van der Waals surface area contributed by atoms with Crippen LogP contribution in [0.1, 0.15) is 67.6 Å². The van der Waals surface area contributed by atoms with E-state index < -0.39 is 5.97 Å². The van der Waals surface area contributed by atoms with Gasteiger partial charge in [0.2, 0.25) is 0 Å².